The van der Waals surface area contributed by atoms with Gasteiger partial charge in [-0.25, -0.2) is 0 Å². The fraction of sp³-hybridized carbons (Fsp3) is 0.556. The second kappa shape index (κ2) is 7.74. The van der Waals surface area contributed by atoms with Gasteiger partial charge in [0.25, 0.3) is 0 Å². The first-order chi connectivity index (χ1) is 12.0. The number of benzene rings is 1. The number of carbonyl (C=O) groups excluding carboxylic acids is 2. The molecule has 0 bridgehead atoms. The summed E-state index contributed by atoms with van der Waals surface area (Å²) in [7, 11) is 0. The van der Waals surface area contributed by atoms with E-state index in [2.05, 4.69) is 9.80 Å². The summed E-state index contributed by atoms with van der Waals surface area (Å²) >= 11 is 0. The van der Waals surface area contributed by atoms with Gasteiger partial charge in [0, 0.05) is 39.3 Å². The number of amides is 2. The van der Waals surface area contributed by atoms with Gasteiger partial charge in [0.1, 0.15) is 5.75 Å². The number of anilines is 1. The molecule has 2 saturated heterocycles. The molecule has 2 amide bonds. The van der Waals surface area contributed by atoms with Crippen LogP contribution in [0.15, 0.2) is 24.3 Å². The minimum Gasteiger partial charge on any atom is -0.506 e. The maximum Gasteiger partial charge on any atom is 0.236 e. The van der Waals surface area contributed by atoms with Crippen molar-refractivity contribution in [3.63, 3.8) is 0 Å². The Hall–Kier alpha value is -2.28. The summed E-state index contributed by atoms with van der Waals surface area (Å²) < 4.78 is 0. The molecule has 2 fully saturated rings. The Labute approximate surface area is 148 Å². The lowest BCUT2D eigenvalue weighted by Crippen LogP contribution is -2.52. The third-order valence-corrected chi connectivity index (χ3v) is 5.13. The Morgan fingerprint density at radius 2 is 1.84 bits per heavy atom. The molecule has 0 spiro atoms. The standard InChI is InChI=1S/C18H26N4O3/c19-18(25)14-4-3-7-22(12-14)17(24)13-20-8-10-21(11-9-20)15-5-1-2-6-16(15)23/h1-2,5-6,14,23H,3-4,7-13H2,(H2,19,25)/t14-/m0/s1. The van der Waals surface area contributed by atoms with Crippen molar-refractivity contribution < 1.29 is 14.7 Å². The van der Waals surface area contributed by atoms with Crippen molar-refractivity contribution in [1.29, 1.82) is 0 Å². The van der Waals surface area contributed by atoms with E-state index in [1.807, 2.05) is 18.2 Å². The second-order valence-electron chi connectivity index (χ2n) is 6.83. The van der Waals surface area contributed by atoms with Crippen molar-refractivity contribution in [2.24, 2.45) is 11.7 Å². The molecular weight excluding hydrogens is 320 g/mol. The van der Waals surface area contributed by atoms with Crippen LogP contribution in [-0.2, 0) is 9.59 Å². The molecule has 2 aliphatic rings. The van der Waals surface area contributed by atoms with Gasteiger partial charge in [-0.05, 0) is 25.0 Å². The number of hydrogen-bond acceptors (Lipinski definition) is 5. The molecule has 25 heavy (non-hydrogen) atoms. The van der Waals surface area contributed by atoms with Crippen LogP contribution < -0.4 is 10.6 Å². The highest BCUT2D eigenvalue weighted by Gasteiger charge is 2.28. The monoisotopic (exact) mass is 346 g/mol. The number of likely N-dealkylation sites (tertiary alicyclic amines) is 1. The van der Waals surface area contributed by atoms with Gasteiger partial charge in [0.2, 0.25) is 11.8 Å². The van der Waals surface area contributed by atoms with Gasteiger partial charge >= 0.3 is 0 Å². The SMILES string of the molecule is NC(=O)[C@H]1CCCN(C(=O)CN2CCN(c3ccccc3O)CC2)C1. The number of rotatable bonds is 4. The summed E-state index contributed by atoms with van der Waals surface area (Å²) in [5, 5.41) is 9.96. The fourth-order valence-electron chi connectivity index (χ4n) is 3.61. The Kier molecular flexibility index (Phi) is 5.43. The number of piperidine rings is 1. The Morgan fingerprint density at radius 1 is 1.12 bits per heavy atom. The molecule has 0 radical (unpaired) electrons. The van der Waals surface area contributed by atoms with E-state index < -0.39 is 0 Å². The highest BCUT2D eigenvalue weighted by atomic mass is 16.3. The lowest BCUT2D eigenvalue weighted by molar-refractivity contribution is -0.136. The van der Waals surface area contributed by atoms with Crippen molar-refractivity contribution >= 4 is 17.5 Å². The molecule has 2 aliphatic heterocycles. The van der Waals surface area contributed by atoms with Gasteiger partial charge in [0.05, 0.1) is 18.2 Å². The van der Waals surface area contributed by atoms with Gasteiger partial charge in [-0.2, -0.15) is 0 Å². The average molecular weight is 346 g/mol. The molecule has 0 aromatic heterocycles. The summed E-state index contributed by atoms with van der Waals surface area (Å²) in [5.41, 5.74) is 6.22. The van der Waals surface area contributed by atoms with Crippen molar-refractivity contribution in [2.45, 2.75) is 12.8 Å². The normalized spacial score (nSPS) is 22.0. The third kappa shape index (κ3) is 4.22. The number of aromatic hydroxyl groups is 1. The highest BCUT2D eigenvalue weighted by molar-refractivity contribution is 5.81. The van der Waals surface area contributed by atoms with Crippen LogP contribution in [-0.4, -0.2) is 72.5 Å². The summed E-state index contributed by atoms with van der Waals surface area (Å²) in [4.78, 5) is 29.9. The van der Waals surface area contributed by atoms with E-state index in [9.17, 15) is 14.7 Å². The number of phenols is 1. The molecule has 1 aromatic rings. The molecular formula is C18H26N4O3. The molecule has 136 valence electrons. The first kappa shape index (κ1) is 17.5. The van der Waals surface area contributed by atoms with Crippen molar-refractivity contribution in [2.75, 3.05) is 50.7 Å². The molecule has 7 nitrogen and oxygen atoms in total. The fourth-order valence-corrected chi connectivity index (χ4v) is 3.61. The van der Waals surface area contributed by atoms with E-state index in [1.165, 1.54) is 0 Å². The third-order valence-electron chi connectivity index (χ3n) is 5.13. The number of primary amides is 1. The summed E-state index contributed by atoms with van der Waals surface area (Å²) in [5.74, 6) is -0.163. The van der Waals surface area contributed by atoms with E-state index in [1.54, 1.807) is 11.0 Å². The number of hydrogen-bond donors (Lipinski definition) is 2. The Bertz CT molecular complexity index is 629. The van der Waals surface area contributed by atoms with Crippen molar-refractivity contribution in [3.8, 4) is 5.75 Å². The maximum absolute atomic E-state index is 12.5. The smallest absolute Gasteiger partial charge is 0.236 e. The summed E-state index contributed by atoms with van der Waals surface area (Å²) in [6.07, 6.45) is 1.61. The second-order valence-corrected chi connectivity index (χ2v) is 6.83. The van der Waals surface area contributed by atoms with Crippen LogP contribution in [0.25, 0.3) is 0 Å². The minimum absolute atomic E-state index is 0.0713. The molecule has 7 heteroatoms. The van der Waals surface area contributed by atoms with Crippen LogP contribution in [0.4, 0.5) is 5.69 Å². The van der Waals surface area contributed by atoms with Crippen LogP contribution in [0.2, 0.25) is 0 Å². The number of carbonyl (C=O) groups is 2. The quantitative estimate of drug-likeness (QED) is 0.815. The van der Waals surface area contributed by atoms with Gasteiger partial charge < -0.3 is 20.6 Å². The lowest BCUT2D eigenvalue weighted by Gasteiger charge is -2.37. The Morgan fingerprint density at radius 3 is 2.52 bits per heavy atom. The number of nitrogens with two attached hydrogens (primary N) is 1. The zero-order valence-corrected chi connectivity index (χ0v) is 14.4. The van der Waals surface area contributed by atoms with Crippen LogP contribution >= 0.6 is 0 Å². The predicted molar refractivity (Wildman–Crippen MR) is 95.3 cm³/mol. The summed E-state index contributed by atoms with van der Waals surface area (Å²) in [6.45, 7) is 4.62. The van der Waals surface area contributed by atoms with E-state index in [0.717, 1.165) is 44.7 Å². The van der Waals surface area contributed by atoms with Gasteiger partial charge in [0.15, 0.2) is 0 Å². The molecule has 1 atom stereocenters. The van der Waals surface area contributed by atoms with Crippen LogP contribution in [0.5, 0.6) is 5.75 Å². The average Bonchev–Trinajstić information content (AvgIpc) is 2.63. The van der Waals surface area contributed by atoms with Crippen LogP contribution in [0.1, 0.15) is 12.8 Å². The Balaban J connectivity index is 1.49. The van der Waals surface area contributed by atoms with Crippen LogP contribution in [0, 0.1) is 5.92 Å². The highest BCUT2D eigenvalue weighted by Crippen LogP contribution is 2.27. The largest absolute Gasteiger partial charge is 0.506 e. The van der Waals surface area contributed by atoms with Gasteiger partial charge in [-0.15, -0.1) is 0 Å². The van der Waals surface area contributed by atoms with Gasteiger partial charge in [-0.3, -0.25) is 14.5 Å². The topological polar surface area (TPSA) is 90.1 Å². The first-order valence-corrected chi connectivity index (χ1v) is 8.87. The lowest BCUT2D eigenvalue weighted by atomic mass is 9.97. The number of phenolic OH excluding ortho intramolecular Hbond substituents is 1. The number of nitrogens with zero attached hydrogens (tertiary/aromatic N) is 3. The van der Waals surface area contributed by atoms with E-state index >= 15 is 0 Å². The van der Waals surface area contributed by atoms with Gasteiger partial charge in [-0.1, -0.05) is 12.1 Å². The summed E-state index contributed by atoms with van der Waals surface area (Å²) in [6, 6.07) is 7.33. The first-order valence-electron chi connectivity index (χ1n) is 8.87. The zero-order valence-electron chi connectivity index (χ0n) is 14.4. The molecule has 3 rings (SSSR count). The van der Waals surface area contributed by atoms with Crippen molar-refractivity contribution in [3.05, 3.63) is 24.3 Å². The molecule has 0 saturated carbocycles. The maximum atomic E-state index is 12.5. The van der Waals surface area contributed by atoms with Crippen LogP contribution in [0.3, 0.4) is 0 Å². The molecule has 2 heterocycles. The van der Waals surface area contributed by atoms with E-state index in [4.69, 9.17) is 5.73 Å². The van der Waals surface area contributed by atoms with E-state index in [-0.39, 0.29) is 23.5 Å². The predicted octanol–water partition coefficient (Wildman–Crippen LogP) is 0.238. The molecule has 0 unspecified atom stereocenters. The molecule has 0 aliphatic carbocycles. The zero-order chi connectivity index (χ0) is 17.8. The number of piperazine rings is 1. The number of para-hydroxylation sites is 2. The minimum atomic E-state index is -0.311. The molecule has 1 aromatic carbocycles. The van der Waals surface area contributed by atoms with Crippen molar-refractivity contribution in [1.82, 2.24) is 9.80 Å². The van der Waals surface area contributed by atoms with E-state index in [0.29, 0.717) is 19.6 Å². The molecule has 3 N–H and O–H groups in total.